The Morgan fingerprint density at radius 2 is 2.29 bits per heavy atom. The molecule has 2 aliphatic rings. The van der Waals surface area contributed by atoms with Gasteiger partial charge in [-0.1, -0.05) is 22.8 Å². The van der Waals surface area contributed by atoms with Crippen molar-refractivity contribution in [2.45, 2.75) is 25.4 Å². The van der Waals surface area contributed by atoms with Crippen molar-refractivity contribution >= 4 is 23.2 Å². The Hall–Kier alpha value is -1.55. The molecule has 3 rings (SSSR count). The van der Waals surface area contributed by atoms with Gasteiger partial charge in [-0.05, 0) is 24.1 Å². The van der Waals surface area contributed by atoms with E-state index in [1.807, 2.05) is 6.07 Å². The molecule has 0 aromatic heterocycles. The third-order valence-corrected chi connectivity index (χ3v) is 3.68. The normalized spacial score (nSPS) is 25.0. The van der Waals surface area contributed by atoms with Gasteiger partial charge in [0, 0.05) is 23.6 Å². The topological polar surface area (TPSA) is 52.9 Å². The number of hydrogen-bond acceptors (Lipinski definition) is 3. The minimum absolute atomic E-state index is 0.0986. The first kappa shape index (κ1) is 10.6. The number of rotatable bonds is 0. The second kappa shape index (κ2) is 3.74. The number of benzene rings is 1. The van der Waals surface area contributed by atoms with Crippen LogP contribution < -0.4 is 0 Å². The monoisotopic (exact) mass is 250 g/mol. The number of halogens is 1. The van der Waals surface area contributed by atoms with Gasteiger partial charge in [-0.25, -0.2) is 0 Å². The lowest BCUT2D eigenvalue weighted by molar-refractivity contribution is -0.128. The molecule has 0 spiro atoms. The molecule has 0 radical (unpaired) electrons. The fraction of sp³-hybridized carbons (Fsp3) is 0.333. The van der Waals surface area contributed by atoms with Gasteiger partial charge in [0.25, 0.3) is 0 Å². The van der Waals surface area contributed by atoms with Crippen molar-refractivity contribution in [3.63, 3.8) is 0 Å². The van der Waals surface area contributed by atoms with E-state index in [2.05, 4.69) is 5.16 Å². The maximum absolute atomic E-state index is 11.7. The van der Waals surface area contributed by atoms with Crippen LogP contribution in [0.2, 0.25) is 5.02 Å². The SMILES string of the molecule is O=C1CCC2/C(=N\O)c3cc(Cl)ccc3CN12. The Balaban J connectivity index is 2.14. The highest BCUT2D eigenvalue weighted by Crippen LogP contribution is 2.32. The average molecular weight is 251 g/mol. The maximum atomic E-state index is 11.7. The van der Waals surface area contributed by atoms with Gasteiger partial charge in [-0.3, -0.25) is 4.79 Å². The molecule has 1 aromatic carbocycles. The number of nitrogens with zero attached hydrogens (tertiary/aromatic N) is 2. The van der Waals surface area contributed by atoms with E-state index in [0.717, 1.165) is 11.1 Å². The van der Waals surface area contributed by atoms with Crippen molar-refractivity contribution in [3.05, 3.63) is 34.3 Å². The predicted octanol–water partition coefficient (Wildman–Crippen LogP) is 2.02. The predicted molar refractivity (Wildman–Crippen MR) is 63.3 cm³/mol. The van der Waals surface area contributed by atoms with Gasteiger partial charge in [-0.2, -0.15) is 0 Å². The van der Waals surface area contributed by atoms with E-state index < -0.39 is 0 Å². The van der Waals surface area contributed by atoms with Crippen molar-refractivity contribution in [1.29, 1.82) is 0 Å². The van der Waals surface area contributed by atoms with Crippen LogP contribution in [0.15, 0.2) is 23.4 Å². The van der Waals surface area contributed by atoms with Crippen LogP contribution in [-0.4, -0.2) is 27.8 Å². The molecular weight excluding hydrogens is 240 g/mol. The molecule has 4 nitrogen and oxygen atoms in total. The summed E-state index contributed by atoms with van der Waals surface area (Å²) in [5.74, 6) is 0.122. The summed E-state index contributed by atoms with van der Waals surface area (Å²) in [6, 6.07) is 5.37. The minimum atomic E-state index is -0.0986. The highest BCUT2D eigenvalue weighted by molar-refractivity contribution is 6.31. The van der Waals surface area contributed by atoms with Crippen LogP contribution in [0, 0.1) is 0 Å². The Morgan fingerprint density at radius 1 is 1.47 bits per heavy atom. The van der Waals surface area contributed by atoms with Crippen molar-refractivity contribution < 1.29 is 10.0 Å². The van der Waals surface area contributed by atoms with E-state index >= 15 is 0 Å². The standard InChI is InChI=1S/C12H11ClN2O2/c13-8-2-1-7-6-15-10(3-4-11(15)16)12(14-17)9(7)5-8/h1-2,5,10,17H,3-4,6H2/b14-12-. The van der Waals surface area contributed by atoms with Crippen LogP contribution in [-0.2, 0) is 11.3 Å². The van der Waals surface area contributed by atoms with Gasteiger partial charge >= 0.3 is 0 Å². The average Bonchev–Trinajstić information content (AvgIpc) is 2.68. The first-order valence-electron chi connectivity index (χ1n) is 5.51. The highest BCUT2D eigenvalue weighted by atomic mass is 35.5. The second-order valence-electron chi connectivity index (χ2n) is 4.36. The Morgan fingerprint density at radius 3 is 3.06 bits per heavy atom. The molecule has 88 valence electrons. The van der Waals surface area contributed by atoms with Gasteiger partial charge < -0.3 is 10.1 Å². The molecule has 1 N–H and O–H groups in total. The fourth-order valence-corrected chi connectivity index (χ4v) is 2.80. The molecule has 2 aliphatic heterocycles. The van der Waals surface area contributed by atoms with Crippen molar-refractivity contribution in [2.24, 2.45) is 5.16 Å². The second-order valence-corrected chi connectivity index (χ2v) is 4.80. The van der Waals surface area contributed by atoms with Gasteiger partial charge in [0.1, 0.15) is 5.71 Å². The third-order valence-electron chi connectivity index (χ3n) is 3.44. The number of hydrogen-bond donors (Lipinski definition) is 1. The molecule has 1 aromatic rings. The number of fused-ring (bicyclic) bond motifs is 2. The lowest BCUT2D eigenvalue weighted by atomic mass is 9.92. The third kappa shape index (κ3) is 1.52. The van der Waals surface area contributed by atoms with Crippen molar-refractivity contribution in [1.82, 2.24) is 4.90 Å². The van der Waals surface area contributed by atoms with E-state index in [1.165, 1.54) is 0 Å². The zero-order chi connectivity index (χ0) is 12.0. The van der Waals surface area contributed by atoms with Gasteiger partial charge in [0.2, 0.25) is 5.91 Å². The first-order valence-corrected chi connectivity index (χ1v) is 5.88. The molecular formula is C12H11ClN2O2. The van der Waals surface area contributed by atoms with Gasteiger partial charge in [-0.15, -0.1) is 0 Å². The Bertz CT molecular complexity index is 527. The summed E-state index contributed by atoms with van der Waals surface area (Å²) < 4.78 is 0. The summed E-state index contributed by atoms with van der Waals surface area (Å²) in [6.07, 6.45) is 1.23. The van der Waals surface area contributed by atoms with Crippen molar-refractivity contribution in [2.75, 3.05) is 0 Å². The zero-order valence-corrected chi connectivity index (χ0v) is 9.81. The molecule has 1 atom stereocenters. The van der Waals surface area contributed by atoms with Crippen LogP contribution in [0.5, 0.6) is 0 Å². The van der Waals surface area contributed by atoms with Crippen LogP contribution in [0.1, 0.15) is 24.0 Å². The van der Waals surface area contributed by atoms with E-state index in [-0.39, 0.29) is 11.9 Å². The van der Waals surface area contributed by atoms with Crippen LogP contribution in [0.25, 0.3) is 0 Å². The van der Waals surface area contributed by atoms with Crippen molar-refractivity contribution in [3.8, 4) is 0 Å². The van der Waals surface area contributed by atoms with Gasteiger partial charge in [0.05, 0.1) is 6.04 Å². The summed E-state index contributed by atoms with van der Waals surface area (Å²) in [4.78, 5) is 13.5. The minimum Gasteiger partial charge on any atom is -0.411 e. The summed E-state index contributed by atoms with van der Waals surface area (Å²) >= 11 is 5.95. The maximum Gasteiger partial charge on any atom is 0.223 e. The van der Waals surface area contributed by atoms with E-state index in [4.69, 9.17) is 16.8 Å². The molecule has 0 bridgehead atoms. The Labute approximate surface area is 103 Å². The summed E-state index contributed by atoms with van der Waals surface area (Å²) in [6.45, 7) is 0.578. The molecule has 0 saturated carbocycles. The molecule has 0 aliphatic carbocycles. The quantitative estimate of drug-likeness (QED) is 0.566. The van der Waals surface area contributed by atoms with Crippen LogP contribution >= 0.6 is 11.6 Å². The summed E-state index contributed by atoms with van der Waals surface area (Å²) in [7, 11) is 0. The molecule has 1 fully saturated rings. The molecule has 5 heteroatoms. The summed E-state index contributed by atoms with van der Waals surface area (Å²) in [5, 5.41) is 13.2. The molecule has 1 amide bonds. The highest BCUT2D eigenvalue weighted by Gasteiger charge is 2.39. The number of carbonyl (C=O) groups is 1. The van der Waals surface area contributed by atoms with E-state index in [9.17, 15) is 4.79 Å². The number of carbonyl (C=O) groups excluding carboxylic acids is 1. The van der Waals surface area contributed by atoms with E-state index in [0.29, 0.717) is 30.1 Å². The molecule has 1 saturated heterocycles. The largest absolute Gasteiger partial charge is 0.411 e. The lowest BCUT2D eigenvalue weighted by Gasteiger charge is -2.32. The molecule has 2 heterocycles. The molecule has 1 unspecified atom stereocenters. The first-order chi connectivity index (χ1) is 8.20. The van der Waals surface area contributed by atoms with Crippen LogP contribution in [0.3, 0.4) is 0 Å². The lowest BCUT2D eigenvalue weighted by Crippen LogP contribution is -2.43. The van der Waals surface area contributed by atoms with Gasteiger partial charge in [0.15, 0.2) is 0 Å². The Kier molecular flexibility index (Phi) is 2.33. The smallest absolute Gasteiger partial charge is 0.223 e. The zero-order valence-electron chi connectivity index (χ0n) is 9.06. The molecule has 17 heavy (non-hydrogen) atoms. The van der Waals surface area contributed by atoms with Crippen LogP contribution in [0.4, 0.5) is 0 Å². The summed E-state index contributed by atoms with van der Waals surface area (Å²) in [5.41, 5.74) is 2.39. The van der Waals surface area contributed by atoms with E-state index in [1.54, 1.807) is 17.0 Å². The fourth-order valence-electron chi connectivity index (χ4n) is 2.62. The number of oxime groups is 1. The number of amides is 1.